The number of amides is 1. The molecular weight excluding hydrogens is 268 g/mol. The van der Waals surface area contributed by atoms with Crippen molar-refractivity contribution in [3.05, 3.63) is 23.3 Å². The summed E-state index contributed by atoms with van der Waals surface area (Å²) in [5.74, 6) is 1.17. The lowest BCUT2D eigenvalue weighted by molar-refractivity contribution is 0.0902. The summed E-state index contributed by atoms with van der Waals surface area (Å²) in [6.07, 6.45) is 4.10. The van der Waals surface area contributed by atoms with E-state index in [1.165, 1.54) is 0 Å². The number of hydrogen-bond donors (Lipinski definition) is 2. The van der Waals surface area contributed by atoms with Gasteiger partial charge in [0.25, 0.3) is 5.91 Å². The monoisotopic (exact) mass is 292 g/mol. The first-order valence-corrected chi connectivity index (χ1v) is 7.30. The van der Waals surface area contributed by atoms with E-state index in [1.807, 2.05) is 6.92 Å². The first-order valence-electron chi connectivity index (χ1n) is 7.30. The third-order valence-corrected chi connectivity index (χ3v) is 4.34. The standard InChI is InChI=1S/C16H24N2O3/c1-11-13(20-2)8-12(9-14(11)21-3)15(19)18-16(10-17)6-4-5-7-16/h8-9H,4-7,10,17H2,1-3H3,(H,18,19). The van der Waals surface area contributed by atoms with Crippen LogP contribution in [0, 0.1) is 6.92 Å². The lowest BCUT2D eigenvalue weighted by Crippen LogP contribution is -2.51. The van der Waals surface area contributed by atoms with Crippen LogP contribution >= 0.6 is 0 Å². The second-order valence-electron chi connectivity index (χ2n) is 5.65. The molecule has 0 bridgehead atoms. The van der Waals surface area contributed by atoms with Gasteiger partial charge < -0.3 is 20.5 Å². The first kappa shape index (κ1) is 15.6. The molecule has 0 unspecified atom stereocenters. The maximum Gasteiger partial charge on any atom is 0.252 e. The van der Waals surface area contributed by atoms with E-state index in [0.29, 0.717) is 23.6 Å². The number of hydrogen-bond acceptors (Lipinski definition) is 4. The van der Waals surface area contributed by atoms with Gasteiger partial charge in [0.05, 0.1) is 19.8 Å². The Balaban J connectivity index is 2.26. The zero-order valence-corrected chi connectivity index (χ0v) is 13.0. The van der Waals surface area contributed by atoms with E-state index in [-0.39, 0.29) is 11.4 Å². The fourth-order valence-corrected chi connectivity index (χ4v) is 2.96. The van der Waals surface area contributed by atoms with Crippen LogP contribution in [0.3, 0.4) is 0 Å². The van der Waals surface area contributed by atoms with Gasteiger partial charge in [0.15, 0.2) is 0 Å². The van der Waals surface area contributed by atoms with Gasteiger partial charge in [0.2, 0.25) is 0 Å². The molecule has 1 fully saturated rings. The average Bonchev–Trinajstić information content (AvgIpc) is 2.96. The number of carbonyl (C=O) groups excluding carboxylic acids is 1. The van der Waals surface area contributed by atoms with Gasteiger partial charge in [0.1, 0.15) is 11.5 Å². The lowest BCUT2D eigenvalue weighted by Gasteiger charge is -2.29. The van der Waals surface area contributed by atoms with Crippen LogP contribution in [-0.4, -0.2) is 32.2 Å². The molecule has 2 rings (SSSR count). The zero-order valence-electron chi connectivity index (χ0n) is 13.0. The van der Waals surface area contributed by atoms with E-state index in [1.54, 1.807) is 26.4 Å². The molecule has 1 saturated carbocycles. The predicted octanol–water partition coefficient (Wildman–Crippen LogP) is 2.01. The predicted molar refractivity (Wildman–Crippen MR) is 82.0 cm³/mol. The molecule has 1 aromatic rings. The Morgan fingerprint density at radius 1 is 1.24 bits per heavy atom. The smallest absolute Gasteiger partial charge is 0.252 e. The topological polar surface area (TPSA) is 73.6 Å². The van der Waals surface area contributed by atoms with Gasteiger partial charge in [-0.3, -0.25) is 4.79 Å². The van der Waals surface area contributed by atoms with Gasteiger partial charge in [0, 0.05) is 17.7 Å². The molecule has 0 atom stereocenters. The molecule has 5 nitrogen and oxygen atoms in total. The zero-order chi connectivity index (χ0) is 15.5. The highest BCUT2D eigenvalue weighted by Crippen LogP contribution is 2.31. The average molecular weight is 292 g/mol. The second-order valence-corrected chi connectivity index (χ2v) is 5.65. The summed E-state index contributed by atoms with van der Waals surface area (Å²) < 4.78 is 10.6. The molecule has 3 N–H and O–H groups in total. The largest absolute Gasteiger partial charge is 0.496 e. The number of methoxy groups -OCH3 is 2. The maximum absolute atomic E-state index is 12.5. The van der Waals surface area contributed by atoms with Gasteiger partial charge in [-0.25, -0.2) is 0 Å². The van der Waals surface area contributed by atoms with Crippen LogP contribution in [0.15, 0.2) is 12.1 Å². The highest BCUT2D eigenvalue weighted by atomic mass is 16.5. The summed E-state index contributed by atoms with van der Waals surface area (Å²) >= 11 is 0. The summed E-state index contributed by atoms with van der Waals surface area (Å²) in [5, 5.41) is 3.11. The van der Waals surface area contributed by atoms with Crippen LogP contribution in [0.1, 0.15) is 41.6 Å². The molecule has 21 heavy (non-hydrogen) atoms. The summed E-state index contributed by atoms with van der Waals surface area (Å²) in [6.45, 7) is 2.37. The lowest BCUT2D eigenvalue weighted by atomic mass is 9.97. The van der Waals surface area contributed by atoms with Crippen LogP contribution in [0.4, 0.5) is 0 Å². The Morgan fingerprint density at radius 2 is 1.76 bits per heavy atom. The molecule has 1 aliphatic carbocycles. The summed E-state index contributed by atoms with van der Waals surface area (Å²) in [4.78, 5) is 12.5. The van der Waals surface area contributed by atoms with E-state index < -0.39 is 0 Å². The molecule has 0 aromatic heterocycles. The number of rotatable bonds is 5. The first-order chi connectivity index (χ1) is 10.0. The van der Waals surface area contributed by atoms with Crippen molar-refractivity contribution in [1.82, 2.24) is 5.32 Å². The number of nitrogens with one attached hydrogen (secondary N) is 1. The number of carbonyl (C=O) groups is 1. The third kappa shape index (κ3) is 3.13. The molecule has 1 amide bonds. The summed E-state index contributed by atoms with van der Waals surface area (Å²) in [7, 11) is 3.17. The van der Waals surface area contributed by atoms with E-state index in [0.717, 1.165) is 31.2 Å². The van der Waals surface area contributed by atoms with Crippen molar-refractivity contribution in [1.29, 1.82) is 0 Å². The van der Waals surface area contributed by atoms with Crippen LogP contribution in [0.5, 0.6) is 11.5 Å². The van der Waals surface area contributed by atoms with Gasteiger partial charge in [-0.1, -0.05) is 12.8 Å². The Bertz CT molecular complexity index is 497. The molecule has 0 aliphatic heterocycles. The van der Waals surface area contributed by atoms with E-state index in [4.69, 9.17) is 15.2 Å². The van der Waals surface area contributed by atoms with Crippen LogP contribution in [-0.2, 0) is 0 Å². The Hall–Kier alpha value is -1.75. The van der Waals surface area contributed by atoms with Crippen LogP contribution < -0.4 is 20.5 Å². The minimum Gasteiger partial charge on any atom is -0.496 e. The van der Waals surface area contributed by atoms with Gasteiger partial charge in [-0.2, -0.15) is 0 Å². The van der Waals surface area contributed by atoms with Gasteiger partial charge in [-0.15, -0.1) is 0 Å². The molecule has 0 spiro atoms. The van der Waals surface area contributed by atoms with E-state index in [2.05, 4.69) is 5.32 Å². The van der Waals surface area contributed by atoms with Gasteiger partial charge >= 0.3 is 0 Å². The fraction of sp³-hybridized carbons (Fsp3) is 0.562. The minimum absolute atomic E-state index is 0.126. The number of nitrogens with two attached hydrogens (primary N) is 1. The Kier molecular flexibility index (Phi) is 4.73. The molecule has 5 heteroatoms. The number of benzene rings is 1. The summed E-state index contributed by atoms with van der Waals surface area (Å²) in [5.41, 5.74) is 7.02. The highest BCUT2D eigenvalue weighted by Gasteiger charge is 2.34. The molecule has 1 aliphatic rings. The minimum atomic E-state index is -0.261. The Morgan fingerprint density at radius 3 is 2.19 bits per heavy atom. The SMILES string of the molecule is COc1cc(C(=O)NC2(CN)CCCC2)cc(OC)c1C. The maximum atomic E-state index is 12.5. The molecule has 1 aromatic carbocycles. The van der Waals surface area contributed by atoms with Crippen molar-refractivity contribution in [3.8, 4) is 11.5 Å². The fourth-order valence-electron chi connectivity index (χ4n) is 2.96. The van der Waals surface area contributed by atoms with Crippen molar-refractivity contribution in [3.63, 3.8) is 0 Å². The normalized spacial score (nSPS) is 16.6. The van der Waals surface area contributed by atoms with Crippen molar-refractivity contribution in [2.45, 2.75) is 38.1 Å². The van der Waals surface area contributed by atoms with E-state index in [9.17, 15) is 4.79 Å². The summed E-state index contributed by atoms with van der Waals surface area (Å²) in [6, 6.07) is 3.48. The molecule has 0 radical (unpaired) electrons. The van der Waals surface area contributed by atoms with Crippen molar-refractivity contribution in [2.24, 2.45) is 5.73 Å². The van der Waals surface area contributed by atoms with E-state index >= 15 is 0 Å². The molecule has 116 valence electrons. The highest BCUT2D eigenvalue weighted by molar-refractivity contribution is 5.95. The quantitative estimate of drug-likeness (QED) is 0.870. The van der Waals surface area contributed by atoms with Crippen molar-refractivity contribution < 1.29 is 14.3 Å². The van der Waals surface area contributed by atoms with Crippen LogP contribution in [0.25, 0.3) is 0 Å². The molecule has 0 heterocycles. The van der Waals surface area contributed by atoms with Crippen LogP contribution in [0.2, 0.25) is 0 Å². The molecule has 0 saturated heterocycles. The van der Waals surface area contributed by atoms with Crippen molar-refractivity contribution in [2.75, 3.05) is 20.8 Å². The van der Waals surface area contributed by atoms with Gasteiger partial charge in [-0.05, 0) is 31.9 Å². The third-order valence-electron chi connectivity index (χ3n) is 4.34. The second kappa shape index (κ2) is 6.35. The number of ether oxygens (including phenoxy) is 2. The molecular formula is C16H24N2O3. The Labute approximate surface area is 125 Å². The van der Waals surface area contributed by atoms with Crippen molar-refractivity contribution >= 4 is 5.91 Å².